The lowest BCUT2D eigenvalue weighted by Crippen LogP contribution is -2.31. The summed E-state index contributed by atoms with van der Waals surface area (Å²) in [5, 5.41) is 4.60. The molecule has 0 saturated carbocycles. The molecule has 4 rings (SSSR count). The summed E-state index contributed by atoms with van der Waals surface area (Å²) in [6.07, 6.45) is 2.28. The molecule has 136 valence electrons. The van der Waals surface area contributed by atoms with Gasteiger partial charge in [0.15, 0.2) is 5.82 Å². The molecule has 0 aliphatic rings. The molecule has 0 saturated heterocycles. The first kappa shape index (κ1) is 17.1. The topological polar surface area (TPSA) is 74.6 Å². The minimum Gasteiger partial charge on any atom is -0.494 e. The van der Waals surface area contributed by atoms with E-state index < -0.39 is 6.04 Å². The van der Waals surface area contributed by atoms with E-state index in [-0.39, 0.29) is 5.56 Å². The zero-order valence-corrected chi connectivity index (χ0v) is 14.7. The molecule has 0 aliphatic heterocycles. The molecule has 0 bridgehead atoms. The Morgan fingerprint density at radius 1 is 0.963 bits per heavy atom. The van der Waals surface area contributed by atoms with Crippen LogP contribution in [-0.4, -0.2) is 20.8 Å². The normalized spacial score (nSPS) is 12.2. The minimum absolute atomic E-state index is 0.143. The lowest BCUT2D eigenvalue weighted by molar-refractivity contribution is 0.295. The van der Waals surface area contributed by atoms with Crippen molar-refractivity contribution in [3.05, 3.63) is 95.2 Å². The largest absolute Gasteiger partial charge is 0.494 e. The van der Waals surface area contributed by atoms with E-state index >= 15 is 0 Å². The molecule has 2 aromatic carbocycles. The Balaban J connectivity index is 1.66. The van der Waals surface area contributed by atoms with E-state index in [9.17, 15) is 4.79 Å². The van der Waals surface area contributed by atoms with Gasteiger partial charge in [0.05, 0.1) is 18.3 Å². The molecule has 27 heavy (non-hydrogen) atoms. The zero-order valence-electron chi connectivity index (χ0n) is 14.7. The number of nitrogens with zero attached hydrogens (tertiary/aromatic N) is 3. The van der Waals surface area contributed by atoms with Crippen LogP contribution in [0.3, 0.4) is 0 Å². The van der Waals surface area contributed by atoms with Crippen LogP contribution in [0.5, 0.6) is 5.75 Å². The number of hydrogen-bond donors (Lipinski definition) is 1. The summed E-state index contributed by atoms with van der Waals surface area (Å²) in [6, 6.07) is 22.1. The van der Waals surface area contributed by atoms with E-state index in [0.717, 1.165) is 11.4 Å². The third-order valence-electron chi connectivity index (χ3n) is 4.38. The van der Waals surface area contributed by atoms with Crippen molar-refractivity contribution in [1.82, 2.24) is 14.2 Å². The lowest BCUT2D eigenvalue weighted by Gasteiger charge is -2.18. The first-order valence-electron chi connectivity index (χ1n) is 8.83. The van der Waals surface area contributed by atoms with Crippen LogP contribution in [0.15, 0.2) is 83.8 Å². The van der Waals surface area contributed by atoms with E-state index in [1.165, 1.54) is 0 Å². The number of para-hydroxylation sites is 2. The third-order valence-corrected chi connectivity index (χ3v) is 4.38. The van der Waals surface area contributed by atoms with Gasteiger partial charge >= 0.3 is 0 Å². The summed E-state index contributed by atoms with van der Waals surface area (Å²) in [5.41, 5.74) is 7.52. The van der Waals surface area contributed by atoms with Crippen LogP contribution < -0.4 is 16.0 Å². The Kier molecular flexibility index (Phi) is 4.72. The molecule has 0 radical (unpaired) electrons. The second-order valence-electron chi connectivity index (χ2n) is 6.23. The average molecular weight is 360 g/mol. The van der Waals surface area contributed by atoms with Gasteiger partial charge in [-0.3, -0.25) is 9.36 Å². The molecule has 2 heterocycles. The number of nitrogens with two attached hydrogens (primary N) is 1. The third kappa shape index (κ3) is 3.47. The number of fused-ring (bicyclic) bond motifs is 1. The Morgan fingerprint density at radius 3 is 2.41 bits per heavy atom. The molecule has 2 aromatic heterocycles. The van der Waals surface area contributed by atoms with Crippen molar-refractivity contribution >= 4 is 5.52 Å². The van der Waals surface area contributed by atoms with Gasteiger partial charge in [0.2, 0.25) is 0 Å². The Morgan fingerprint density at radius 2 is 1.67 bits per heavy atom. The van der Waals surface area contributed by atoms with E-state index in [0.29, 0.717) is 24.4 Å². The molecule has 6 heteroatoms. The van der Waals surface area contributed by atoms with E-state index in [1.54, 1.807) is 27.4 Å². The molecular formula is C21H20N4O2. The monoisotopic (exact) mass is 360 g/mol. The van der Waals surface area contributed by atoms with Gasteiger partial charge in [0.1, 0.15) is 11.3 Å². The van der Waals surface area contributed by atoms with Gasteiger partial charge in [-0.25, -0.2) is 4.52 Å². The molecule has 6 nitrogen and oxygen atoms in total. The SMILES string of the molecule is N[C@@H](CCOc1ccccc1)c1nn2cccc2c(=O)n1-c1ccccc1. The highest BCUT2D eigenvalue weighted by Crippen LogP contribution is 2.17. The van der Waals surface area contributed by atoms with Gasteiger partial charge in [0, 0.05) is 12.6 Å². The van der Waals surface area contributed by atoms with Gasteiger partial charge in [-0.05, 0) is 36.4 Å². The van der Waals surface area contributed by atoms with Gasteiger partial charge in [0.25, 0.3) is 5.56 Å². The quantitative estimate of drug-likeness (QED) is 0.574. The van der Waals surface area contributed by atoms with Gasteiger partial charge in [-0.1, -0.05) is 36.4 Å². The molecule has 0 aliphatic carbocycles. The van der Waals surface area contributed by atoms with Crippen LogP contribution >= 0.6 is 0 Å². The van der Waals surface area contributed by atoms with Crippen LogP contribution in [0.4, 0.5) is 0 Å². The second kappa shape index (κ2) is 7.47. The maximum atomic E-state index is 13.0. The average Bonchev–Trinajstić information content (AvgIpc) is 3.18. The Hall–Kier alpha value is -3.38. The highest BCUT2D eigenvalue weighted by molar-refractivity contribution is 5.47. The fourth-order valence-electron chi connectivity index (χ4n) is 3.02. The van der Waals surface area contributed by atoms with Gasteiger partial charge < -0.3 is 10.5 Å². The molecule has 4 aromatic rings. The predicted molar refractivity (Wildman–Crippen MR) is 104 cm³/mol. The number of hydrogen-bond acceptors (Lipinski definition) is 4. The van der Waals surface area contributed by atoms with Crippen molar-refractivity contribution < 1.29 is 4.74 Å². The van der Waals surface area contributed by atoms with Crippen LogP contribution in [-0.2, 0) is 0 Å². The summed E-state index contributed by atoms with van der Waals surface area (Å²) in [5.74, 6) is 1.30. The minimum atomic E-state index is -0.451. The number of benzene rings is 2. The highest BCUT2D eigenvalue weighted by atomic mass is 16.5. The van der Waals surface area contributed by atoms with Crippen LogP contribution in [0.1, 0.15) is 18.3 Å². The van der Waals surface area contributed by atoms with Crippen molar-refractivity contribution in [3.8, 4) is 11.4 Å². The van der Waals surface area contributed by atoms with E-state index in [1.807, 2.05) is 60.7 Å². The molecule has 0 fully saturated rings. The molecule has 0 amide bonds. The van der Waals surface area contributed by atoms with Crippen molar-refractivity contribution in [2.45, 2.75) is 12.5 Å². The van der Waals surface area contributed by atoms with Crippen LogP contribution in [0.25, 0.3) is 11.2 Å². The standard InChI is InChI=1S/C21H20N4O2/c22-18(13-15-27-17-10-5-2-6-11-17)20-23-24-14-7-12-19(24)21(26)25(20)16-8-3-1-4-9-16/h1-12,14,18H,13,15,22H2/t18-/m0/s1. The highest BCUT2D eigenvalue weighted by Gasteiger charge is 2.18. The molecule has 2 N–H and O–H groups in total. The summed E-state index contributed by atoms with van der Waals surface area (Å²) in [6.45, 7) is 0.430. The van der Waals surface area contributed by atoms with Crippen molar-refractivity contribution in [2.75, 3.05) is 6.61 Å². The first-order valence-corrected chi connectivity index (χ1v) is 8.83. The van der Waals surface area contributed by atoms with Gasteiger partial charge in [-0.15, -0.1) is 0 Å². The smallest absolute Gasteiger partial charge is 0.282 e. The Bertz CT molecular complexity index is 1090. The number of ether oxygens (including phenoxy) is 1. The van der Waals surface area contributed by atoms with Crippen LogP contribution in [0.2, 0.25) is 0 Å². The maximum Gasteiger partial charge on any atom is 0.282 e. The van der Waals surface area contributed by atoms with E-state index in [4.69, 9.17) is 10.5 Å². The van der Waals surface area contributed by atoms with Crippen molar-refractivity contribution in [1.29, 1.82) is 0 Å². The molecule has 0 unspecified atom stereocenters. The first-order chi connectivity index (χ1) is 13.2. The maximum absolute atomic E-state index is 13.0. The van der Waals surface area contributed by atoms with Crippen molar-refractivity contribution in [2.24, 2.45) is 5.73 Å². The van der Waals surface area contributed by atoms with Gasteiger partial charge in [-0.2, -0.15) is 5.10 Å². The zero-order chi connectivity index (χ0) is 18.6. The fraction of sp³-hybridized carbons (Fsp3) is 0.143. The molecule has 1 atom stereocenters. The molecular weight excluding hydrogens is 340 g/mol. The predicted octanol–water partition coefficient (Wildman–Crippen LogP) is 2.95. The summed E-state index contributed by atoms with van der Waals surface area (Å²) in [7, 11) is 0. The lowest BCUT2D eigenvalue weighted by atomic mass is 10.2. The molecule has 0 spiro atoms. The summed E-state index contributed by atoms with van der Waals surface area (Å²) >= 11 is 0. The Labute approximate surface area is 156 Å². The van der Waals surface area contributed by atoms with Crippen molar-refractivity contribution in [3.63, 3.8) is 0 Å². The fourth-order valence-corrected chi connectivity index (χ4v) is 3.02. The summed E-state index contributed by atoms with van der Waals surface area (Å²) in [4.78, 5) is 13.0. The number of aromatic nitrogens is 3. The second-order valence-corrected chi connectivity index (χ2v) is 6.23. The number of rotatable bonds is 6. The van der Waals surface area contributed by atoms with E-state index in [2.05, 4.69) is 5.10 Å². The summed E-state index contributed by atoms with van der Waals surface area (Å²) < 4.78 is 8.91. The van der Waals surface area contributed by atoms with Crippen LogP contribution in [0, 0.1) is 0 Å².